The quantitative estimate of drug-likeness (QED) is 0.665. The van der Waals surface area contributed by atoms with Crippen LogP contribution in [0.1, 0.15) is 17.5 Å². The van der Waals surface area contributed by atoms with Gasteiger partial charge in [-0.25, -0.2) is 0 Å². The zero-order chi connectivity index (χ0) is 17.5. The van der Waals surface area contributed by atoms with Crippen LogP contribution >= 0.6 is 0 Å². The van der Waals surface area contributed by atoms with Crippen molar-refractivity contribution in [2.45, 2.75) is 13.0 Å². The Morgan fingerprint density at radius 1 is 1.12 bits per heavy atom. The molecule has 0 unspecified atom stereocenters. The highest BCUT2D eigenvalue weighted by Gasteiger charge is 2.11. The smallest absolute Gasteiger partial charge is 0.195 e. The van der Waals surface area contributed by atoms with E-state index in [4.69, 9.17) is 14.7 Å². The summed E-state index contributed by atoms with van der Waals surface area (Å²) in [4.78, 5) is 4.23. The minimum Gasteiger partial charge on any atom is -0.490 e. The third kappa shape index (κ3) is 4.42. The van der Waals surface area contributed by atoms with Gasteiger partial charge in [-0.05, 0) is 29.8 Å². The Morgan fingerprint density at radius 3 is 2.60 bits per heavy atom. The summed E-state index contributed by atoms with van der Waals surface area (Å²) in [7, 11) is 1.72. The Hall–Kier alpha value is -3.20. The van der Waals surface area contributed by atoms with E-state index < -0.39 is 0 Å². The first-order valence-electron chi connectivity index (χ1n) is 8.15. The van der Waals surface area contributed by atoms with E-state index in [0.29, 0.717) is 31.3 Å². The monoisotopic (exact) mass is 336 g/mol. The van der Waals surface area contributed by atoms with Crippen molar-refractivity contribution >= 4 is 11.6 Å². The molecule has 0 aliphatic carbocycles. The van der Waals surface area contributed by atoms with E-state index in [1.807, 2.05) is 30.3 Å². The molecule has 2 aromatic carbocycles. The summed E-state index contributed by atoms with van der Waals surface area (Å²) in [6, 6.07) is 15.3. The fourth-order valence-corrected chi connectivity index (χ4v) is 2.44. The number of nitrogens with zero attached hydrogens (tertiary/aromatic N) is 2. The number of hydrogen-bond acceptors (Lipinski definition) is 4. The van der Waals surface area contributed by atoms with Gasteiger partial charge in [0, 0.05) is 31.8 Å². The van der Waals surface area contributed by atoms with Gasteiger partial charge in [-0.15, -0.1) is 0 Å². The van der Waals surface area contributed by atoms with Crippen molar-refractivity contribution in [2.75, 3.05) is 25.6 Å². The molecule has 0 spiro atoms. The molecule has 25 heavy (non-hydrogen) atoms. The molecular formula is C19H20N4O2. The molecular weight excluding hydrogens is 316 g/mol. The van der Waals surface area contributed by atoms with E-state index >= 15 is 0 Å². The molecule has 0 atom stereocenters. The van der Waals surface area contributed by atoms with Gasteiger partial charge in [0.05, 0.1) is 24.8 Å². The lowest BCUT2D eigenvalue weighted by atomic mass is 10.1. The van der Waals surface area contributed by atoms with Crippen LogP contribution in [0.3, 0.4) is 0 Å². The highest BCUT2D eigenvalue weighted by atomic mass is 16.5. The number of ether oxygens (including phenoxy) is 2. The number of hydrogen-bond donors (Lipinski definition) is 2. The zero-order valence-corrected chi connectivity index (χ0v) is 14.1. The van der Waals surface area contributed by atoms with Crippen molar-refractivity contribution in [1.82, 2.24) is 5.32 Å². The Balaban J connectivity index is 1.62. The van der Waals surface area contributed by atoms with Crippen molar-refractivity contribution in [2.24, 2.45) is 4.99 Å². The molecule has 6 heteroatoms. The second-order valence-corrected chi connectivity index (χ2v) is 5.57. The number of rotatable bonds is 3. The first kappa shape index (κ1) is 16.7. The molecule has 0 amide bonds. The van der Waals surface area contributed by atoms with Crippen LogP contribution in [0.2, 0.25) is 0 Å². The summed E-state index contributed by atoms with van der Waals surface area (Å²) in [6.07, 6.45) is 0.880. The lowest BCUT2D eigenvalue weighted by Gasteiger charge is -2.14. The molecule has 1 heterocycles. The van der Waals surface area contributed by atoms with Crippen LogP contribution in [0.4, 0.5) is 5.69 Å². The van der Waals surface area contributed by atoms with Crippen LogP contribution in [0.5, 0.6) is 11.5 Å². The number of nitrogens with one attached hydrogen (secondary N) is 2. The minimum atomic E-state index is 0.607. The second kappa shape index (κ2) is 8.06. The van der Waals surface area contributed by atoms with Gasteiger partial charge in [0.25, 0.3) is 0 Å². The fourth-order valence-electron chi connectivity index (χ4n) is 2.44. The van der Waals surface area contributed by atoms with Crippen molar-refractivity contribution in [3.63, 3.8) is 0 Å². The van der Waals surface area contributed by atoms with Gasteiger partial charge in [0.15, 0.2) is 17.5 Å². The summed E-state index contributed by atoms with van der Waals surface area (Å²) in [5, 5.41) is 15.3. The van der Waals surface area contributed by atoms with E-state index in [0.717, 1.165) is 29.2 Å². The minimum absolute atomic E-state index is 0.607. The van der Waals surface area contributed by atoms with Gasteiger partial charge in [-0.3, -0.25) is 4.99 Å². The summed E-state index contributed by atoms with van der Waals surface area (Å²) >= 11 is 0. The van der Waals surface area contributed by atoms with Gasteiger partial charge in [-0.2, -0.15) is 5.26 Å². The highest BCUT2D eigenvalue weighted by molar-refractivity contribution is 5.93. The number of aliphatic imine (C=N–C) groups is 1. The van der Waals surface area contributed by atoms with Crippen molar-refractivity contribution in [3.8, 4) is 17.6 Å². The predicted octanol–water partition coefficient (Wildman–Crippen LogP) is 2.91. The van der Waals surface area contributed by atoms with E-state index in [1.54, 1.807) is 19.2 Å². The van der Waals surface area contributed by atoms with E-state index in [1.165, 1.54) is 0 Å². The Morgan fingerprint density at radius 2 is 1.88 bits per heavy atom. The molecule has 0 saturated heterocycles. The Labute approximate surface area is 147 Å². The molecule has 0 aromatic heterocycles. The highest BCUT2D eigenvalue weighted by Crippen LogP contribution is 2.32. The van der Waals surface area contributed by atoms with E-state index in [9.17, 15) is 0 Å². The molecule has 2 N–H and O–H groups in total. The molecule has 6 nitrogen and oxygen atoms in total. The lowest BCUT2D eigenvalue weighted by molar-refractivity contribution is 0.297. The molecule has 0 radical (unpaired) electrons. The maximum atomic E-state index is 8.84. The molecule has 3 rings (SSSR count). The van der Waals surface area contributed by atoms with Crippen molar-refractivity contribution < 1.29 is 9.47 Å². The van der Waals surface area contributed by atoms with Crippen LogP contribution in [-0.2, 0) is 6.54 Å². The molecule has 2 aromatic rings. The van der Waals surface area contributed by atoms with Gasteiger partial charge in [0.2, 0.25) is 0 Å². The number of fused-ring (bicyclic) bond motifs is 1. The van der Waals surface area contributed by atoms with Crippen LogP contribution in [0, 0.1) is 11.3 Å². The zero-order valence-electron chi connectivity index (χ0n) is 14.1. The van der Waals surface area contributed by atoms with Gasteiger partial charge >= 0.3 is 0 Å². The number of anilines is 1. The van der Waals surface area contributed by atoms with Gasteiger partial charge < -0.3 is 20.1 Å². The van der Waals surface area contributed by atoms with Crippen LogP contribution in [0.15, 0.2) is 47.5 Å². The molecule has 1 aliphatic heterocycles. The van der Waals surface area contributed by atoms with Gasteiger partial charge in [-0.1, -0.05) is 12.1 Å². The molecule has 0 fully saturated rings. The average Bonchev–Trinajstić information content (AvgIpc) is 2.90. The largest absolute Gasteiger partial charge is 0.490 e. The maximum absolute atomic E-state index is 8.84. The summed E-state index contributed by atoms with van der Waals surface area (Å²) in [5.74, 6) is 2.16. The number of guanidine groups is 1. The molecule has 0 bridgehead atoms. The predicted molar refractivity (Wildman–Crippen MR) is 97.0 cm³/mol. The molecule has 128 valence electrons. The SMILES string of the molecule is CN=C(NCc1ccc(C#N)cc1)Nc1ccc2c(c1)OCCCO2. The summed E-state index contributed by atoms with van der Waals surface area (Å²) < 4.78 is 11.3. The second-order valence-electron chi connectivity index (χ2n) is 5.57. The number of nitriles is 1. The standard InChI is InChI=1S/C19H20N4O2/c1-21-19(22-13-15-5-3-14(12-20)4-6-15)23-16-7-8-17-18(11-16)25-10-2-9-24-17/h3-8,11H,2,9-10,13H2,1H3,(H2,21,22,23). The average molecular weight is 336 g/mol. The van der Waals surface area contributed by atoms with Crippen LogP contribution in [0.25, 0.3) is 0 Å². The van der Waals surface area contributed by atoms with Crippen LogP contribution < -0.4 is 20.1 Å². The summed E-state index contributed by atoms with van der Waals surface area (Å²) in [5.41, 5.74) is 2.59. The lowest BCUT2D eigenvalue weighted by Crippen LogP contribution is -2.30. The van der Waals surface area contributed by atoms with E-state index in [-0.39, 0.29) is 0 Å². The topological polar surface area (TPSA) is 78.7 Å². The van der Waals surface area contributed by atoms with Crippen molar-refractivity contribution in [3.05, 3.63) is 53.6 Å². The Bertz CT molecular complexity index is 794. The van der Waals surface area contributed by atoms with E-state index in [2.05, 4.69) is 21.7 Å². The Kier molecular flexibility index (Phi) is 5.37. The number of benzene rings is 2. The first-order valence-corrected chi connectivity index (χ1v) is 8.15. The third-order valence-corrected chi connectivity index (χ3v) is 3.78. The molecule has 1 aliphatic rings. The first-order chi connectivity index (χ1) is 12.3. The summed E-state index contributed by atoms with van der Waals surface area (Å²) in [6.45, 7) is 1.94. The van der Waals surface area contributed by atoms with Gasteiger partial charge in [0.1, 0.15) is 0 Å². The fraction of sp³-hybridized carbons (Fsp3) is 0.263. The molecule has 0 saturated carbocycles. The van der Waals surface area contributed by atoms with Crippen LogP contribution in [-0.4, -0.2) is 26.2 Å². The maximum Gasteiger partial charge on any atom is 0.195 e. The third-order valence-electron chi connectivity index (χ3n) is 3.78. The van der Waals surface area contributed by atoms with Crippen molar-refractivity contribution in [1.29, 1.82) is 5.26 Å². The normalized spacial score (nSPS) is 13.5.